The van der Waals surface area contributed by atoms with Crippen molar-refractivity contribution in [2.45, 2.75) is 20.3 Å². The number of ether oxygens (including phenoxy) is 1. The fraction of sp³-hybridized carbons (Fsp3) is 0.357. The lowest BCUT2D eigenvalue weighted by molar-refractivity contribution is -0.136. The van der Waals surface area contributed by atoms with Crippen LogP contribution in [0.5, 0.6) is 5.75 Å². The van der Waals surface area contributed by atoms with Crippen LogP contribution in [-0.4, -0.2) is 66.5 Å². The highest BCUT2D eigenvalue weighted by Crippen LogP contribution is 2.28. The maximum atomic E-state index is 13.3. The first-order chi connectivity index (χ1) is 17.9. The Morgan fingerprint density at radius 1 is 0.973 bits per heavy atom. The first-order valence-corrected chi connectivity index (χ1v) is 12.6. The molecular formula is C28H32N6O3. The molecule has 3 aromatic rings. The molecule has 192 valence electrons. The van der Waals surface area contributed by atoms with Crippen molar-refractivity contribution < 1.29 is 14.3 Å². The topological polar surface area (TPSA) is 90.9 Å². The van der Waals surface area contributed by atoms with Crippen LogP contribution in [0, 0.1) is 19.8 Å². The summed E-state index contributed by atoms with van der Waals surface area (Å²) >= 11 is 0. The fourth-order valence-corrected chi connectivity index (χ4v) is 4.83. The van der Waals surface area contributed by atoms with E-state index in [2.05, 4.69) is 22.1 Å². The molecule has 1 atom stereocenters. The minimum absolute atomic E-state index is 0.0211. The number of benzene rings is 2. The second kappa shape index (κ2) is 10.5. The molecular weight excluding hydrogens is 468 g/mol. The number of anilines is 4. The number of aromatic nitrogens is 2. The van der Waals surface area contributed by atoms with Crippen LogP contribution in [0.4, 0.5) is 23.1 Å². The van der Waals surface area contributed by atoms with Gasteiger partial charge < -0.3 is 24.8 Å². The van der Waals surface area contributed by atoms with Crippen LogP contribution in [0.3, 0.4) is 0 Å². The van der Waals surface area contributed by atoms with Crippen molar-refractivity contribution in [3.8, 4) is 5.75 Å². The van der Waals surface area contributed by atoms with Gasteiger partial charge in [0.15, 0.2) is 0 Å². The van der Waals surface area contributed by atoms with E-state index in [0.717, 1.165) is 28.6 Å². The molecule has 9 heteroatoms. The number of nitrogens with zero attached hydrogens (tertiary/aromatic N) is 5. The third-order valence-corrected chi connectivity index (χ3v) is 6.92. The maximum absolute atomic E-state index is 13.3. The third kappa shape index (κ3) is 5.50. The van der Waals surface area contributed by atoms with Crippen LogP contribution in [0.2, 0.25) is 0 Å². The number of amides is 2. The summed E-state index contributed by atoms with van der Waals surface area (Å²) in [5.74, 6) is 1.83. The number of aryl methyl sites for hydroxylation is 2. The van der Waals surface area contributed by atoms with Crippen LogP contribution in [-0.2, 0) is 9.59 Å². The van der Waals surface area contributed by atoms with E-state index in [0.29, 0.717) is 38.7 Å². The molecule has 2 saturated heterocycles. The Kier molecular flexibility index (Phi) is 6.94. The molecule has 0 radical (unpaired) electrons. The van der Waals surface area contributed by atoms with Crippen LogP contribution in [0.1, 0.15) is 17.7 Å². The average Bonchev–Trinajstić information content (AvgIpc) is 3.31. The molecule has 1 aromatic heterocycles. The number of nitrogens with one attached hydrogen (secondary N) is 1. The summed E-state index contributed by atoms with van der Waals surface area (Å²) in [6.45, 7) is 6.95. The van der Waals surface area contributed by atoms with E-state index in [1.54, 1.807) is 12.0 Å². The smallest absolute Gasteiger partial charge is 0.229 e. The van der Waals surface area contributed by atoms with Crippen molar-refractivity contribution in [3.63, 3.8) is 0 Å². The van der Waals surface area contributed by atoms with Gasteiger partial charge in [-0.1, -0.05) is 17.7 Å². The summed E-state index contributed by atoms with van der Waals surface area (Å²) in [7, 11) is 1.61. The average molecular weight is 501 g/mol. The van der Waals surface area contributed by atoms with Gasteiger partial charge in [-0.25, -0.2) is 4.98 Å². The molecule has 2 fully saturated rings. The minimum Gasteiger partial charge on any atom is -0.497 e. The first kappa shape index (κ1) is 24.5. The molecule has 37 heavy (non-hydrogen) atoms. The van der Waals surface area contributed by atoms with Gasteiger partial charge in [0, 0.05) is 62.3 Å². The van der Waals surface area contributed by atoms with Gasteiger partial charge in [0.05, 0.1) is 13.0 Å². The van der Waals surface area contributed by atoms with Crippen LogP contribution >= 0.6 is 0 Å². The van der Waals surface area contributed by atoms with Crippen LogP contribution in [0.25, 0.3) is 0 Å². The van der Waals surface area contributed by atoms with Crippen molar-refractivity contribution in [2.24, 2.45) is 5.92 Å². The van der Waals surface area contributed by atoms with Crippen LogP contribution in [0.15, 0.2) is 54.6 Å². The zero-order valence-electron chi connectivity index (χ0n) is 21.5. The Balaban J connectivity index is 1.19. The molecule has 1 N–H and O–H groups in total. The second-order valence-electron chi connectivity index (χ2n) is 9.60. The summed E-state index contributed by atoms with van der Waals surface area (Å²) in [4.78, 5) is 41.0. The fourth-order valence-electron chi connectivity index (χ4n) is 4.83. The highest BCUT2D eigenvalue weighted by Gasteiger charge is 2.38. The number of carbonyl (C=O) groups is 2. The highest BCUT2D eigenvalue weighted by molar-refractivity contribution is 6.00. The molecule has 2 amide bonds. The Bertz CT molecular complexity index is 1270. The van der Waals surface area contributed by atoms with Gasteiger partial charge in [-0.05, 0) is 50.2 Å². The van der Waals surface area contributed by atoms with E-state index in [1.165, 1.54) is 5.56 Å². The predicted molar refractivity (Wildman–Crippen MR) is 143 cm³/mol. The highest BCUT2D eigenvalue weighted by atomic mass is 16.5. The monoisotopic (exact) mass is 500 g/mol. The maximum Gasteiger partial charge on any atom is 0.229 e. The molecule has 2 aliphatic heterocycles. The second-order valence-corrected chi connectivity index (χ2v) is 9.60. The van der Waals surface area contributed by atoms with Gasteiger partial charge in [0.1, 0.15) is 11.6 Å². The summed E-state index contributed by atoms with van der Waals surface area (Å²) in [5, 5.41) is 3.29. The molecule has 5 rings (SSSR count). The molecule has 2 aliphatic rings. The van der Waals surface area contributed by atoms with Crippen molar-refractivity contribution >= 4 is 35.0 Å². The standard InChI is InChI=1S/C28H32N6O3/c1-19-4-6-22(7-5-19)30-28-29-20(2)16-25(31-28)32-12-14-33(15-13-32)27(36)21-17-26(35)34(18-21)23-8-10-24(37-3)11-9-23/h4-11,16,21H,12-15,17-18H2,1-3H3,(H,29,30,31). The summed E-state index contributed by atoms with van der Waals surface area (Å²) in [6, 6.07) is 17.4. The lowest BCUT2D eigenvalue weighted by Gasteiger charge is -2.36. The van der Waals surface area contributed by atoms with E-state index < -0.39 is 0 Å². The van der Waals surface area contributed by atoms with Gasteiger partial charge in [-0.2, -0.15) is 4.98 Å². The number of piperazine rings is 1. The van der Waals surface area contributed by atoms with Gasteiger partial charge in [0.25, 0.3) is 0 Å². The zero-order chi connectivity index (χ0) is 25.9. The number of carbonyl (C=O) groups excluding carboxylic acids is 2. The Morgan fingerprint density at radius 2 is 1.68 bits per heavy atom. The van der Waals surface area contributed by atoms with Gasteiger partial charge >= 0.3 is 0 Å². The summed E-state index contributed by atoms with van der Waals surface area (Å²) in [6.07, 6.45) is 0.240. The third-order valence-electron chi connectivity index (χ3n) is 6.92. The lowest BCUT2D eigenvalue weighted by Crippen LogP contribution is -2.51. The zero-order valence-corrected chi connectivity index (χ0v) is 21.5. The van der Waals surface area contributed by atoms with E-state index >= 15 is 0 Å². The number of methoxy groups -OCH3 is 1. The van der Waals surface area contributed by atoms with Gasteiger partial charge in [-0.3, -0.25) is 9.59 Å². The van der Waals surface area contributed by atoms with Gasteiger partial charge in [-0.15, -0.1) is 0 Å². The van der Waals surface area contributed by atoms with Gasteiger partial charge in [0.2, 0.25) is 17.8 Å². The molecule has 0 saturated carbocycles. The Hall–Kier alpha value is -4.14. The summed E-state index contributed by atoms with van der Waals surface area (Å²) < 4.78 is 5.20. The predicted octanol–water partition coefficient (Wildman–Crippen LogP) is 3.55. The minimum atomic E-state index is -0.326. The number of hydrogen-bond acceptors (Lipinski definition) is 7. The molecule has 0 aliphatic carbocycles. The summed E-state index contributed by atoms with van der Waals surface area (Å²) in [5.41, 5.74) is 3.80. The Labute approximate surface area is 217 Å². The molecule has 3 heterocycles. The Morgan fingerprint density at radius 3 is 2.35 bits per heavy atom. The molecule has 1 unspecified atom stereocenters. The van der Waals surface area contributed by atoms with Crippen molar-refractivity contribution in [2.75, 3.05) is 55.0 Å². The van der Waals surface area contributed by atoms with E-state index in [4.69, 9.17) is 9.72 Å². The molecule has 0 bridgehead atoms. The SMILES string of the molecule is COc1ccc(N2CC(C(=O)N3CCN(c4cc(C)nc(Nc5ccc(C)cc5)n4)CC3)CC2=O)cc1. The lowest BCUT2D eigenvalue weighted by atomic mass is 10.1. The molecule has 0 spiro atoms. The number of hydrogen-bond donors (Lipinski definition) is 1. The van der Waals surface area contributed by atoms with E-state index in [-0.39, 0.29) is 24.2 Å². The first-order valence-electron chi connectivity index (χ1n) is 12.6. The van der Waals surface area contributed by atoms with Crippen molar-refractivity contribution in [1.82, 2.24) is 14.9 Å². The quantitative estimate of drug-likeness (QED) is 0.554. The van der Waals surface area contributed by atoms with Crippen molar-refractivity contribution in [1.29, 1.82) is 0 Å². The molecule has 9 nitrogen and oxygen atoms in total. The van der Waals surface area contributed by atoms with Crippen molar-refractivity contribution in [3.05, 3.63) is 65.9 Å². The van der Waals surface area contributed by atoms with E-state index in [1.807, 2.05) is 66.4 Å². The largest absolute Gasteiger partial charge is 0.497 e. The normalized spacial score (nSPS) is 17.8. The van der Waals surface area contributed by atoms with Crippen LogP contribution < -0.4 is 19.9 Å². The van der Waals surface area contributed by atoms with E-state index in [9.17, 15) is 9.59 Å². The number of rotatable bonds is 6. The molecule has 2 aromatic carbocycles.